The molecule has 0 bridgehead atoms. The molecule has 0 spiro atoms. The zero-order valence-electron chi connectivity index (χ0n) is 16.1. The first-order chi connectivity index (χ1) is 12.7. The van der Waals surface area contributed by atoms with Crippen molar-refractivity contribution in [1.29, 1.82) is 0 Å². The molecule has 1 aromatic heterocycles. The fraction of sp³-hybridized carbons (Fsp3) is 0.500. The van der Waals surface area contributed by atoms with Gasteiger partial charge in [0.15, 0.2) is 5.96 Å². The number of hydrogen-bond acceptors (Lipinski definition) is 2. The van der Waals surface area contributed by atoms with Gasteiger partial charge in [-0.25, -0.2) is 0 Å². The third-order valence-corrected chi connectivity index (χ3v) is 5.07. The Labute approximate surface area is 184 Å². The lowest BCUT2D eigenvalue weighted by atomic mass is 10.0. The molecule has 1 N–H and O–H groups in total. The second-order valence-corrected chi connectivity index (χ2v) is 7.28. The molecule has 0 radical (unpaired) electrons. The third kappa shape index (κ3) is 6.38. The highest BCUT2D eigenvalue weighted by atomic mass is 127. The number of aromatic nitrogens is 2. The normalized spacial score (nSPS) is 17.1. The molecule has 2 heterocycles. The molecular weight excluding hydrogens is 473 g/mol. The van der Waals surface area contributed by atoms with Crippen molar-refractivity contribution in [2.45, 2.75) is 32.1 Å². The van der Waals surface area contributed by atoms with Crippen LogP contribution in [-0.2, 0) is 13.5 Å². The molecule has 0 aliphatic carbocycles. The van der Waals surface area contributed by atoms with Gasteiger partial charge in [-0.2, -0.15) is 5.10 Å². The van der Waals surface area contributed by atoms with Crippen molar-refractivity contribution in [1.82, 2.24) is 20.0 Å². The molecular formula is C20H29ClIN5. The van der Waals surface area contributed by atoms with Gasteiger partial charge in [-0.15, -0.1) is 24.0 Å². The molecule has 1 aliphatic rings. The first-order valence-electron chi connectivity index (χ1n) is 9.42. The Balaban J connectivity index is 0.00000261. The van der Waals surface area contributed by atoms with Gasteiger partial charge in [-0.05, 0) is 49.4 Å². The van der Waals surface area contributed by atoms with Gasteiger partial charge in [0.2, 0.25) is 0 Å². The molecule has 3 rings (SSSR count). The summed E-state index contributed by atoms with van der Waals surface area (Å²) in [6, 6.07) is 8.09. The van der Waals surface area contributed by atoms with Crippen LogP contribution in [0.25, 0.3) is 0 Å². The largest absolute Gasteiger partial charge is 0.357 e. The Morgan fingerprint density at radius 1 is 1.33 bits per heavy atom. The topological polar surface area (TPSA) is 45.5 Å². The summed E-state index contributed by atoms with van der Waals surface area (Å²) < 4.78 is 1.88. The number of hydrogen-bond donors (Lipinski definition) is 1. The zero-order chi connectivity index (χ0) is 18.4. The van der Waals surface area contributed by atoms with Crippen molar-refractivity contribution >= 4 is 41.5 Å². The summed E-state index contributed by atoms with van der Waals surface area (Å²) in [5.41, 5.74) is 2.64. The average Bonchev–Trinajstić information content (AvgIpc) is 3.28. The summed E-state index contributed by atoms with van der Waals surface area (Å²) in [7, 11) is 1.97. The smallest absolute Gasteiger partial charge is 0.193 e. The maximum Gasteiger partial charge on any atom is 0.193 e. The number of aryl methyl sites for hydroxylation is 2. The number of aliphatic imine (C=N–C) groups is 1. The molecule has 1 saturated heterocycles. The van der Waals surface area contributed by atoms with E-state index in [1.165, 1.54) is 11.1 Å². The third-order valence-electron chi connectivity index (χ3n) is 4.82. The number of halogens is 2. The monoisotopic (exact) mass is 501 g/mol. The van der Waals surface area contributed by atoms with E-state index in [4.69, 9.17) is 16.6 Å². The van der Waals surface area contributed by atoms with Gasteiger partial charge in [-0.3, -0.25) is 9.67 Å². The Kier molecular flexibility index (Phi) is 8.89. The molecule has 1 unspecified atom stereocenters. The van der Waals surface area contributed by atoms with Crippen LogP contribution < -0.4 is 5.32 Å². The highest BCUT2D eigenvalue weighted by molar-refractivity contribution is 14.0. The van der Waals surface area contributed by atoms with Crippen molar-refractivity contribution in [3.63, 3.8) is 0 Å². The van der Waals surface area contributed by atoms with Gasteiger partial charge in [0.25, 0.3) is 0 Å². The molecule has 1 aliphatic heterocycles. The van der Waals surface area contributed by atoms with Crippen molar-refractivity contribution in [3.05, 3.63) is 52.8 Å². The molecule has 27 heavy (non-hydrogen) atoms. The van der Waals surface area contributed by atoms with Crippen LogP contribution in [0.3, 0.4) is 0 Å². The van der Waals surface area contributed by atoms with Gasteiger partial charge < -0.3 is 10.2 Å². The van der Waals surface area contributed by atoms with Crippen molar-refractivity contribution < 1.29 is 0 Å². The maximum atomic E-state index is 5.94. The van der Waals surface area contributed by atoms with E-state index >= 15 is 0 Å². The molecule has 0 saturated carbocycles. The number of benzene rings is 1. The lowest BCUT2D eigenvalue weighted by Crippen LogP contribution is -2.40. The Bertz CT molecular complexity index is 728. The molecule has 7 heteroatoms. The molecule has 5 nitrogen and oxygen atoms in total. The standard InChI is InChI=1S/C20H28ClN5.HI/c1-3-22-20(23-11-4-5-16-6-8-19(21)9-7-16)26-12-10-17(15-26)18-13-24-25(2)14-18;/h6-9,13-14,17H,3-5,10-12,15H2,1-2H3,(H,22,23);1H. The Morgan fingerprint density at radius 3 is 2.78 bits per heavy atom. The van der Waals surface area contributed by atoms with Crippen molar-refractivity contribution in [2.75, 3.05) is 26.2 Å². The molecule has 1 atom stereocenters. The molecule has 1 aromatic carbocycles. The first-order valence-corrected chi connectivity index (χ1v) is 9.79. The van der Waals surface area contributed by atoms with E-state index in [1.807, 2.05) is 30.1 Å². The predicted molar refractivity (Wildman–Crippen MR) is 123 cm³/mol. The van der Waals surface area contributed by atoms with E-state index in [9.17, 15) is 0 Å². The lowest BCUT2D eigenvalue weighted by molar-refractivity contribution is 0.485. The summed E-state index contributed by atoms with van der Waals surface area (Å²) >= 11 is 5.94. The van der Waals surface area contributed by atoms with Gasteiger partial charge in [0.1, 0.15) is 0 Å². The average molecular weight is 502 g/mol. The van der Waals surface area contributed by atoms with Crippen LogP contribution in [0.2, 0.25) is 5.02 Å². The van der Waals surface area contributed by atoms with Gasteiger partial charge >= 0.3 is 0 Å². The van der Waals surface area contributed by atoms with Crippen LogP contribution in [0.5, 0.6) is 0 Å². The van der Waals surface area contributed by atoms with Gasteiger partial charge in [0.05, 0.1) is 6.20 Å². The number of nitrogens with zero attached hydrogens (tertiary/aromatic N) is 4. The van der Waals surface area contributed by atoms with E-state index in [0.717, 1.165) is 56.4 Å². The summed E-state index contributed by atoms with van der Waals surface area (Å²) in [4.78, 5) is 7.22. The molecule has 148 valence electrons. The van der Waals surface area contributed by atoms with Gasteiger partial charge in [-0.1, -0.05) is 23.7 Å². The van der Waals surface area contributed by atoms with Crippen LogP contribution >= 0.6 is 35.6 Å². The minimum absolute atomic E-state index is 0. The molecule has 0 amide bonds. The first kappa shape index (κ1) is 22.0. The zero-order valence-corrected chi connectivity index (χ0v) is 19.2. The highest BCUT2D eigenvalue weighted by Gasteiger charge is 2.26. The SMILES string of the molecule is CCNC(=NCCCc1ccc(Cl)cc1)N1CCC(c2cnn(C)c2)C1.I. The second-order valence-electron chi connectivity index (χ2n) is 6.84. The van der Waals surface area contributed by atoms with Crippen molar-refractivity contribution in [2.24, 2.45) is 12.0 Å². The number of likely N-dealkylation sites (tertiary alicyclic amines) is 1. The summed E-state index contributed by atoms with van der Waals surface area (Å²) in [6.45, 7) is 5.90. The van der Waals surface area contributed by atoms with Crippen LogP contribution in [0.15, 0.2) is 41.7 Å². The Morgan fingerprint density at radius 2 is 2.11 bits per heavy atom. The molecule has 1 fully saturated rings. The summed E-state index contributed by atoms with van der Waals surface area (Å²) in [5, 5.41) is 8.54. The van der Waals surface area contributed by atoms with E-state index in [2.05, 4.69) is 40.6 Å². The number of guanidine groups is 1. The highest BCUT2D eigenvalue weighted by Crippen LogP contribution is 2.26. The fourth-order valence-corrected chi connectivity index (χ4v) is 3.55. The van der Waals surface area contributed by atoms with Crippen LogP contribution in [0.4, 0.5) is 0 Å². The fourth-order valence-electron chi connectivity index (χ4n) is 3.42. The summed E-state index contributed by atoms with van der Waals surface area (Å²) in [6.07, 6.45) is 7.34. The quantitative estimate of drug-likeness (QED) is 0.281. The maximum absolute atomic E-state index is 5.94. The van der Waals surface area contributed by atoms with E-state index in [-0.39, 0.29) is 24.0 Å². The van der Waals surface area contributed by atoms with E-state index < -0.39 is 0 Å². The van der Waals surface area contributed by atoms with E-state index in [1.54, 1.807) is 0 Å². The Hall–Kier alpha value is -1.28. The van der Waals surface area contributed by atoms with Crippen LogP contribution in [0.1, 0.15) is 36.8 Å². The lowest BCUT2D eigenvalue weighted by Gasteiger charge is -2.21. The van der Waals surface area contributed by atoms with Crippen molar-refractivity contribution in [3.8, 4) is 0 Å². The van der Waals surface area contributed by atoms with Crippen LogP contribution in [-0.4, -0.2) is 46.8 Å². The second kappa shape index (κ2) is 10.9. The predicted octanol–water partition coefficient (Wildman–Crippen LogP) is 4.08. The number of nitrogens with one attached hydrogen (secondary N) is 1. The minimum atomic E-state index is 0. The molecule has 2 aromatic rings. The van der Waals surface area contributed by atoms with Gasteiger partial charge in [0, 0.05) is 50.4 Å². The number of rotatable bonds is 6. The summed E-state index contributed by atoms with van der Waals surface area (Å²) in [5.74, 6) is 1.58. The van der Waals surface area contributed by atoms with Crippen LogP contribution in [0, 0.1) is 0 Å². The van der Waals surface area contributed by atoms with E-state index in [0.29, 0.717) is 5.92 Å². The minimum Gasteiger partial charge on any atom is -0.357 e.